The summed E-state index contributed by atoms with van der Waals surface area (Å²) in [6.45, 7) is 7.08. The molecular formula is C26H48O5. The molecule has 5 nitrogen and oxygen atoms in total. The highest BCUT2D eigenvalue weighted by atomic mass is 17.1. The van der Waals surface area contributed by atoms with Gasteiger partial charge in [-0.3, -0.25) is 5.26 Å². The molecule has 0 radical (unpaired) electrons. The van der Waals surface area contributed by atoms with Crippen molar-refractivity contribution in [3.8, 4) is 0 Å². The first kappa shape index (κ1) is 25.4. The number of aliphatic hydroxyl groups excluding tert-OH is 1. The van der Waals surface area contributed by atoms with Crippen molar-refractivity contribution in [2.45, 2.75) is 109 Å². The number of rotatable bonds is 8. The smallest absolute Gasteiger partial charge is 0.0962 e. The van der Waals surface area contributed by atoms with E-state index in [-0.39, 0.29) is 24.2 Å². The Labute approximate surface area is 190 Å². The Hall–Kier alpha value is -0.200. The third-order valence-corrected chi connectivity index (χ3v) is 9.39. The average molecular weight is 441 g/mol. The Morgan fingerprint density at radius 1 is 0.806 bits per heavy atom. The van der Waals surface area contributed by atoms with E-state index < -0.39 is 0 Å². The lowest BCUT2D eigenvalue weighted by atomic mass is 9.61. The fraction of sp³-hybridized carbons (Fsp3) is 1.00. The minimum absolute atomic E-state index is 0.136. The largest absolute Gasteiger partial charge is 0.393 e. The molecule has 0 saturated heterocycles. The Morgan fingerprint density at radius 2 is 1.48 bits per heavy atom. The number of ether oxygens (including phenoxy) is 2. The minimum Gasteiger partial charge on any atom is -0.393 e. The first-order valence-electron chi connectivity index (χ1n) is 12.9. The third kappa shape index (κ3) is 6.23. The summed E-state index contributed by atoms with van der Waals surface area (Å²) in [5, 5.41) is 20.8. The van der Waals surface area contributed by atoms with Gasteiger partial charge in [-0.2, -0.15) is 0 Å². The second-order valence-electron chi connectivity index (χ2n) is 11.3. The molecule has 0 bridgehead atoms. The second kappa shape index (κ2) is 11.8. The molecular weight excluding hydrogens is 392 g/mol. The Bertz CT molecular complexity index is 518. The fourth-order valence-electron chi connectivity index (χ4n) is 7.26. The SMILES string of the molecule is COC1CCC([C@H](O)CC2CC(OO)C(C3CC[C@@H](C(C)C)CC3C)C[C@@H]2OC)CC1. The van der Waals surface area contributed by atoms with E-state index in [9.17, 15) is 10.4 Å². The van der Waals surface area contributed by atoms with Gasteiger partial charge in [0.2, 0.25) is 0 Å². The molecule has 31 heavy (non-hydrogen) atoms. The molecule has 0 spiro atoms. The van der Waals surface area contributed by atoms with Crippen LogP contribution in [-0.2, 0) is 14.4 Å². The monoisotopic (exact) mass is 440 g/mol. The van der Waals surface area contributed by atoms with Gasteiger partial charge in [0.15, 0.2) is 0 Å². The molecule has 5 unspecified atom stereocenters. The first-order valence-corrected chi connectivity index (χ1v) is 12.9. The van der Waals surface area contributed by atoms with Crippen molar-refractivity contribution >= 4 is 0 Å². The van der Waals surface area contributed by atoms with Crippen molar-refractivity contribution in [3.05, 3.63) is 0 Å². The van der Waals surface area contributed by atoms with Gasteiger partial charge in [-0.05, 0) is 106 Å². The summed E-state index contributed by atoms with van der Waals surface area (Å²) in [6, 6.07) is 0. The topological polar surface area (TPSA) is 68.2 Å². The fourth-order valence-corrected chi connectivity index (χ4v) is 7.26. The molecule has 3 rings (SSSR count). The summed E-state index contributed by atoms with van der Waals surface area (Å²) in [5.74, 6) is 3.72. The molecule has 3 fully saturated rings. The van der Waals surface area contributed by atoms with Crippen molar-refractivity contribution in [1.29, 1.82) is 0 Å². The van der Waals surface area contributed by atoms with E-state index in [0.717, 1.165) is 56.8 Å². The van der Waals surface area contributed by atoms with Gasteiger partial charge in [0.1, 0.15) is 0 Å². The Balaban J connectivity index is 1.59. The highest BCUT2D eigenvalue weighted by Crippen LogP contribution is 2.48. The summed E-state index contributed by atoms with van der Waals surface area (Å²) >= 11 is 0. The molecule has 182 valence electrons. The van der Waals surface area contributed by atoms with Gasteiger partial charge in [-0.15, -0.1) is 0 Å². The highest BCUT2D eigenvalue weighted by molar-refractivity contribution is 4.95. The zero-order valence-corrected chi connectivity index (χ0v) is 20.5. The molecule has 2 N–H and O–H groups in total. The standard InChI is InChI=1S/C26H48O5/c1-16(2)19-8-11-22(17(3)12-19)23-15-25(30-5)20(14-26(23)31-28)13-24(27)18-6-9-21(29-4)10-7-18/h16-28H,6-15H2,1-5H3/t17?,18?,19-,20?,21?,22?,23?,24-,25+,26?/m1/s1. The second-order valence-corrected chi connectivity index (χ2v) is 11.3. The van der Waals surface area contributed by atoms with E-state index in [1.807, 2.05) is 7.11 Å². The molecule has 3 aliphatic rings. The van der Waals surface area contributed by atoms with Gasteiger partial charge in [0.05, 0.1) is 24.4 Å². The maximum Gasteiger partial charge on any atom is 0.0962 e. The van der Waals surface area contributed by atoms with Gasteiger partial charge in [0.25, 0.3) is 0 Å². The predicted octanol–water partition coefficient (Wildman–Crippen LogP) is 5.55. The van der Waals surface area contributed by atoms with Gasteiger partial charge in [-0.25, -0.2) is 4.89 Å². The van der Waals surface area contributed by atoms with Crippen LogP contribution in [0.1, 0.15) is 85.0 Å². The first-order chi connectivity index (χ1) is 14.9. The van der Waals surface area contributed by atoms with E-state index in [1.54, 1.807) is 7.11 Å². The van der Waals surface area contributed by atoms with Crippen LogP contribution in [0.4, 0.5) is 0 Å². The van der Waals surface area contributed by atoms with Crippen LogP contribution in [0, 0.1) is 41.4 Å². The van der Waals surface area contributed by atoms with Gasteiger partial charge < -0.3 is 14.6 Å². The molecule has 0 heterocycles. The van der Waals surface area contributed by atoms with E-state index in [4.69, 9.17) is 14.4 Å². The third-order valence-electron chi connectivity index (χ3n) is 9.39. The predicted molar refractivity (Wildman–Crippen MR) is 123 cm³/mol. The lowest BCUT2D eigenvalue weighted by Gasteiger charge is -2.47. The van der Waals surface area contributed by atoms with E-state index in [0.29, 0.717) is 29.8 Å². The quantitative estimate of drug-likeness (QED) is 0.382. The Kier molecular flexibility index (Phi) is 9.66. The van der Waals surface area contributed by atoms with Crippen molar-refractivity contribution in [2.75, 3.05) is 14.2 Å². The minimum atomic E-state index is -0.309. The summed E-state index contributed by atoms with van der Waals surface area (Å²) in [6.07, 6.45) is 10.4. The van der Waals surface area contributed by atoms with Crippen LogP contribution in [0.5, 0.6) is 0 Å². The van der Waals surface area contributed by atoms with E-state index >= 15 is 0 Å². The molecule has 0 aromatic carbocycles. The number of methoxy groups -OCH3 is 2. The molecule has 0 amide bonds. The van der Waals surface area contributed by atoms with Gasteiger partial charge >= 0.3 is 0 Å². The summed E-state index contributed by atoms with van der Waals surface area (Å²) in [7, 11) is 3.60. The Morgan fingerprint density at radius 3 is 2.03 bits per heavy atom. The maximum absolute atomic E-state index is 11.0. The van der Waals surface area contributed by atoms with Crippen molar-refractivity contribution in [3.63, 3.8) is 0 Å². The average Bonchev–Trinajstić information content (AvgIpc) is 2.78. The number of aliphatic hydroxyl groups is 1. The van der Waals surface area contributed by atoms with Crippen molar-refractivity contribution in [2.24, 2.45) is 41.4 Å². The van der Waals surface area contributed by atoms with Crippen LogP contribution < -0.4 is 0 Å². The normalized spacial score (nSPS) is 43.2. The van der Waals surface area contributed by atoms with Crippen LogP contribution in [0.2, 0.25) is 0 Å². The van der Waals surface area contributed by atoms with Gasteiger partial charge in [-0.1, -0.05) is 20.8 Å². The molecule has 0 aromatic heterocycles. The summed E-state index contributed by atoms with van der Waals surface area (Å²) in [4.78, 5) is 5.10. The van der Waals surface area contributed by atoms with Crippen LogP contribution >= 0.6 is 0 Å². The molecule has 3 saturated carbocycles. The van der Waals surface area contributed by atoms with Crippen LogP contribution in [0.15, 0.2) is 0 Å². The van der Waals surface area contributed by atoms with Crippen molar-refractivity contribution in [1.82, 2.24) is 0 Å². The summed E-state index contributed by atoms with van der Waals surface area (Å²) in [5.41, 5.74) is 0. The molecule has 0 aromatic rings. The number of hydrogen-bond donors (Lipinski definition) is 2. The van der Waals surface area contributed by atoms with E-state index in [1.165, 1.54) is 19.3 Å². The lowest BCUT2D eigenvalue weighted by Crippen LogP contribution is -2.47. The zero-order chi connectivity index (χ0) is 22.5. The molecule has 0 aliphatic heterocycles. The lowest BCUT2D eigenvalue weighted by molar-refractivity contribution is -0.309. The van der Waals surface area contributed by atoms with Crippen molar-refractivity contribution < 1.29 is 24.7 Å². The number of hydrogen-bond acceptors (Lipinski definition) is 5. The van der Waals surface area contributed by atoms with E-state index in [2.05, 4.69) is 20.8 Å². The van der Waals surface area contributed by atoms with Crippen LogP contribution in [0.3, 0.4) is 0 Å². The molecule has 3 aliphatic carbocycles. The highest BCUT2D eigenvalue weighted by Gasteiger charge is 2.45. The van der Waals surface area contributed by atoms with Crippen LogP contribution in [-0.4, -0.2) is 49.0 Å². The van der Waals surface area contributed by atoms with Gasteiger partial charge in [0, 0.05) is 14.2 Å². The molecule has 8 atom stereocenters. The maximum atomic E-state index is 11.0. The zero-order valence-electron chi connectivity index (χ0n) is 20.5. The van der Waals surface area contributed by atoms with Crippen LogP contribution in [0.25, 0.3) is 0 Å². The molecule has 5 heteroatoms. The summed E-state index contributed by atoms with van der Waals surface area (Å²) < 4.78 is 11.5.